The highest BCUT2D eigenvalue weighted by Crippen LogP contribution is 2.22. The number of aromatic nitrogens is 1. The third kappa shape index (κ3) is 4.90. The number of benzene rings is 2. The number of anilines is 3. The Balaban J connectivity index is 1.66. The summed E-state index contributed by atoms with van der Waals surface area (Å²) in [6.07, 6.45) is 1.76. The van der Waals surface area contributed by atoms with Crippen LogP contribution in [-0.2, 0) is 0 Å². The fourth-order valence-electron chi connectivity index (χ4n) is 2.46. The minimum atomic E-state index is -0.0743. The van der Waals surface area contributed by atoms with Crippen LogP contribution in [0.4, 0.5) is 17.2 Å². The van der Waals surface area contributed by atoms with E-state index >= 15 is 0 Å². The highest BCUT2D eigenvalue weighted by Gasteiger charge is 2.11. The first kappa shape index (κ1) is 17.2. The van der Waals surface area contributed by atoms with Gasteiger partial charge in [0.1, 0.15) is 5.82 Å². The summed E-state index contributed by atoms with van der Waals surface area (Å²) in [5.41, 5.74) is 1.79. The van der Waals surface area contributed by atoms with Crippen LogP contribution in [0.2, 0.25) is 0 Å². The standard InChI is InChI=1S/C20H22N4S/c1-20(2,3)24-19(25)23-17-10-11-18(21-13-17)22-16-9-8-14-6-4-5-7-15(14)12-16/h4-13H,1-3H3,(H,21,22)(H2,23,24,25). The van der Waals surface area contributed by atoms with Gasteiger partial charge < -0.3 is 16.0 Å². The van der Waals surface area contributed by atoms with E-state index in [4.69, 9.17) is 12.2 Å². The molecule has 5 heteroatoms. The third-order valence-electron chi connectivity index (χ3n) is 3.53. The molecule has 0 aliphatic carbocycles. The Morgan fingerprint density at radius 1 is 0.920 bits per heavy atom. The Kier molecular flexibility index (Phi) is 4.86. The van der Waals surface area contributed by atoms with Gasteiger partial charge in [0, 0.05) is 11.2 Å². The second-order valence-electron chi connectivity index (χ2n) is 6.95. The predicted molar refractivity (Wildman–Crippen MR) is 111 cm³/mol. The van der Waals surface area contributed by atoms with Gasteiger partial charge in [-0.2, -0.15) is 0 Å². The first-order chi connectivity index (χ1) is 11.9. The summed E-state index contributed by atoms with van der Waals surface area (Å²) in [5.74, 6) is 0.788. The molecule has 2 aromatic carbocycles. The van der Waals surface area contributed by atoms with Crippen molar-refractivity contribution >= 4 is 45.3 Å². The average molecular weight is 350 g/mol. The molecule has 0 fully saturated rings. The zero-order valence-corrected chi connectivity index (χ0v) is 15.4. The van der Waals surface area contributed by atoms with Crippen LogP contribution in [0, 0.1) is 0 Å². The van der Waals surface area contributed by atoms with Crippen molar-refractivity contribution in [1.29, 1.82) is 0 Å². The van der Waals surface area contributed by atoms with Crippen molar-refractivity contribution in [3.8, 4) is 0 Å². The maximum absolute atomic E-state index is 5.30. The Morgan fingerprint density at radius 3 is 2.32 bits per heavy atom. The number of nitrogens with one attached hydrogen (secondary N) is 3. The fourth-order valence-corrected chi connectivity index (χ4v) is 2.88. The van der Waals surface area contributed by atoms with Crippen LogP contribution in [0.3, 0.4) is 0 Å². The van der Waals surface area contributed by atoms with E-state index in [0.29, 0.717) is 5.11 Å². The smallest absolute Gasteiger partial charge is 0.171 e. The van der Waals surface area contributed by atoms with Crippen LogP contribution in [-0.4, -0.2) is 15.6 Å². The van der Waals surface area contributed by atoms with Crippen LogP contribution >= 0.6 is 12.2 Å². The Morgan fingerprint density at radius 2 is 1.64 bits per heavy atom. The molecule has 0 amide bonds. The van der Waals surface area contributed by atoms with Gasteiger partial charge in [-0.05, 0) is 68.0 Å². The van der Waals surface area contributed by atoms with Crippen molar-refractivity contribution in [2.24, 2.45) is 0 Å². The van der Waals surface area contributed by atoms with Gasteiger partial charge in [0.15, 0.2) is 5.11 Å². The second-order valence-corrected chi connectivity index (χ2v) is 7.36. The number of pyridine rings is 1. The molecule has 0 spiro atoms. The summed E-state index contributed by atoms with van der Waals surface area (Å²) in [5, 5.41) is 12.7. The van der Waals surface area contributed by atoms with Crippen LogP contribution in [0.1, 0.15) is 20.8 Å². The maximum atomic E-state index is 5.30. The van der Waals surface area contributed by atoms with E-state index in [-0.39, 0.29) is 5.54 Å². The van der Waals surface area contributed by atoms with Crippen molar-refractivity contribution in [3.05, 3.63) is 60.8 Å². The monoisotopic (exact) mass is 350 g/mol. The molecule has 128 valence electrons. The number of thiocarbonyl (C=S) groups is 1. The number of hydrogen-bond donors (Lipinski definition) is 3. The fraction of sp³-hybridized carbons (Fsp3) is 0.200. The SMILES string of the molecule is CC(C)(C)NC(=S)Nc1ccc(Nc2ccc3ccccc3c2)nc1. The molecule has 0 atom stereocenters. The van der Waals surface area contributed by atoms with Gasteiger partial charge in [-0.1, -0.05) is 30.3 Å². The molecule has 25 heavy (non-hydrogen) atoms. The van der Waals surface area contributed by atoms with Gasteiger partial charge in [-0.25, -0.2) is 4.98 Å². The summed E-state index contributed by atoms with van der Waals surface area (Å²) in [7, 11) is 0. The lowest BCUT2D eigenvalue weighted by Gasteiger charge is -2.23. The third-order valence-corrected chi connectivity index (χ3v) is 3.74. The van der Waals surface area contributed by atoms with Gasteiger partial charge in [0.05, 0.1) is 11.9 Å². The lowest BCUT2D eigenvalue weighted by Crippen LogP contribution is -2.42. The molecule has 1 heterocycles. The molecule has 3 N–H and O–H groups in total. The molecule has 3 rings (SSSR count). The van der Waals surface area contributed by atoms with Gasteiger partial charge in [0.25, 0.3) is 0 Å². The summed E-state index contributed by atoms with van der Waals surface area (Å²) >= 11 is 5.30. The molecule has 3 aromatic rings. The number of fused-ring (bicyclic) bond motifs is 1. The number of hydrogen-bond acceptors (Lipinski definition) is 3. The zero-order valence-electron chi connectivity index (χ0n) is 14.6. The highest BCUT2D eigenvalue weighted by molar-refractivity contribution is 7.80. The first-order valence-corrected chi connectivity index (χ1v) is 8.61. The van der Waals surface area contributed by atoms with E-state index < -0.39 is 0 Å². The van der Waals surface area contributed by atoms with E-state index in [1.165, 1.54) is 10.8 Å². The van der Waals surface area contributed by atoms with Gasteiger partial charge in [-0.15, -0.1) is 0 Å². The molecule has 0 saturated carbocycles. The minimum Gasteiger partial charge on any atom is -0.358 e. The van der Waals surface area contributed by atoms with E-state index in [9.17, 15) is 0 Å². The van der Waals surface area contributed by atoms with Crippen LogP contribution in [0.25, 0.3) is 10.8 Å². The van der Waals surface area contributed by atoms with E-state index in [1.807, 2.05) is 24.3 Å². The van der Waals surface area contributed by atoms with Crippen LogP contribution < -0.4 is 16.0 Å². The van der Waals surface area contributed by atoms with Crippen molar-refractivity contribution in [2.75, 3.05) is 10.6 Å². The molecule has 0 aliphatic rings. The number of nitrogens with zero attached hydrogens (tertiary/aromatic N) is 1. The quantitative estimate of drug-likeness (QED) is 0.576. The molecular weight excluding hydrogens is 328 g/mol. The predicted octanol–water partition coefficient (Wildman–Crippen LogP) is 5.06. The molecule has 0 bridgehead atoms. The molecule has 0 radical (unpaired) electrons. The maximum Gasteiger partial charge on any atom is 0.171 e. The molecular formula is C20H22N4S. The Bertz CT molecular complexity index is 882. The van der Waals surface area contributed by atoms with Crippen LogP contribution in [0.15, 0.2) is 60.8 Å². The van der Waals surface area contributed by atoms with Crippen molar-refractivity contribution in [1.82, 2.24) is 10.3 Å². The van der Waals surface area contributed by atoms with Gasteiger partial charge in [-0.3, -0.25) is 0 Å². The second kappa shape index (κ2) is 7.07. The van der Waals surface area contributed by atoms with Crippen LogP contribution in [0.5, 0.6) is 0 Å². The lowest BCUT2D eigenvalue weighted by atomic mass is 10.1. The van der Waals surface area contributed by atoms with Crippen molar-refractivity contribution in [2.45, 2.75) is 26.3 Å². The molecule has 0 unspecified atom stereocenters. The molecule has 0 saturated heterocycles. The van der Waals surface area contributed by atoms with E-state index in [2.05, 4.69) is 72.0 Å². The average Bonchev–Trinajstić information content (AvgIpc) is 2.55. The summed E-state index contributed by atoms with van der Waals surface area (Å²) in [6, 6.07) is 18.4. The molecule has 1 aromatic heterocycles. The minimum absolute atomic E-state index is 0.0743. The number of rotatable bonds is 3. The zero-order chi connectivity index (χ0) is 17.9. The largest absolute Gasteiger partial charge is 0.358 e. The molecule has 0 aliphatic heterocycles. The molecule has 4 nitrogen and oxygen atoms in total. The van der Waals surface area contributed by atoms with Crippen molar-refractivity contribution in [3.63, 3.8) is 0 Å². The Labute approximate surface area is 153 Å². The summed E-state index contributed by atoms with van der Waals surface area (Å²) < 4.78 is 0. The summed E-state index contributed by atoms with van der Waals surface area (Å²) in [6.45, 7) is 6.20. The van der Waals surface area contributed by atoms with Gasteiger partial charge in [0.2, 0.25) is 0 Å². The van der Waals surface area contributed by atoms with E-state index in [1.54, 1.807) is 6.20 Å². The van der Waals surface area contributed by atoms with Crippen molar-refractivity contribution < 1.29 is 0 Å². The van der Waals surface area contributed by atoms with Gasteiger partial charge >= 0.3 is 0 Å². The first-order valence-electron chi connectivity index (χ1n) is 8.20. The van der Waals surface area contributed by atoms with E-state index in [0.717, 1.165) is 17.2 Å². The topological polar surface area (TPSA) is 49.0 Å². The Hall–Kier alpha value is -2.66. The normalized spacial score (nSPS) is 11.2. The summed E-state index contributed by atoms with van der Waals surface area (Å²) in [4.78, 5) is 4.44. The highest BCUT2D eigenvalue weighted by atomic mass is 32.1. The lowest BCUT2D eigenvalue weighted by molar-refractivity contribution is 0.515.